The van der Waals surface area contributed by atoms with E-state index in [0.29, 0.717) is 11.6 Å². The zero-order chi connectivity index (χ0) is 15.2. The Morgan fingerprint density at radius 2 is 1.52 bits per heavy atom. The molecular formula is C17H21N3O. The van der Waals surface area contributed by atoms with E-state index in [1.54, 1.807) is 0 Å². The zero-order valence-electron chi connectivity index (χ0n) is 12.3. The molecule has 0 aliphatic heterocycles. The summed E-state index contributed by atoms with van der Waals surface area (Å²) >= 11 is 0. The van der Waals surface area contributed by atoms with Crippen LogP contribution in [0, 0.1) is 5.92 Å². The number of carbonyl (C=O) groups is 1. The molecule has 4 heteroatoms. The largest absolute Gasteiger partial charge is 0.378 e. The third kappa shape index (κ3) is 4.24. The van der Waals surface area contributed by atoms with Gasteiger partial charge in [-0.2, -0.15) is 0 Å². The minimum atomic E-state index is -0.556. The molecule has 0 saturated heterocycles. The first-order chi connectivity index (χ1) is 10.1. The van der Waals surface area contributed by atoms with Crippen molar-refractivity contribution in [3.05, 3.63) is 60.2 Å². The molecule has 1 atom stereocenters. The van der Waals surface area contributed by atoms with Gasteiger partial charge in [0, 0.05) is 11.4 Å². The summed E-state index contributed by atoms with van der Waals surface area (Å²) in [6, 6.07) is 17.6. The van der Waals surface area contributed by atoms with E-state index in [1.165, 1.54) is 5.56 Å². The lowest BCUT2D eigenvalue weighted by atomic mass is 9.96. The Balaban J connectivity index is 2.12. The van der Waals surface area contributed by atoms with Gasteiger partial charge in [-0.1, -0.05) is 44.2 Å². The van der Waals surface area contributed by atoms with Crippen LogP contribution in [0.4, 0.5) is 16.2 Å². The van der Waals surface area contributed by atoms with Crippen molar-refractivity contribution in [2.45, 2.75) is 19.9 Å². The Morgan fingerprint density at radius 3 is 2.05 bits per heavy atom. The molecule has 0 heterocycles. The van der Waals surface area contributed by atoms with Gasteiger partial charge in [-0.05, 0) is 35.7 Å². The number of benzene rings is 2. The highest BCUT2D eigenvalue weighted by Gasteiger charge is 2.15. The van der Waals surface area contributed by atoms with Gasteiger partial charge in [0.05, 0.1) is 6.04 Å². The molecule has 0 aromatic heterocycles. The summed E-state index contributed by atoms with van der Waals surface area (Å²) in [6.45, 7) is 4.38. The molecule has 0 fully saturated rings. The minimum Gasteiger partial charge on any atom is -0.378 e. The first kappa shape index (κ1) is 14.9. The molecule has 2 amide bonds. The van der Waals surface area contributed by atoms with Gasteiger partial charge in [-0.25, -0.2) is 4.79 Å². The van der Waals surface area contributed by atoms with Gasteiger partial charge in [0.15, 0.2) is 0 Å². The molecule has 2 aromatic rings. The maximum Gasteiger partial charge on any atom is 0.316 e. The quantitative estimate of drug-likeness (QED) is 0.776. The van der Waals surface area contributed by atoms with E-state index in [0.717, 1.165) is 5.69 Å². The standard InChI is InChI=1S/C17H21N3O/c1-12(2)16(13-6-4-3-5-7-13)19-14-8-10-15(11-9-14)20-17(18)21/h3-12,16,19H,1-2H3,(H3,18,20,21). The smallest absolute Gasteiger partial charge is 0.316 e. The second kappa shape index (κ2) is 6.79. The number of primary amides is 1. The van der Waals surface area contributed by atoms with Crippen molar-refractivity contribution in [2.24, 2.45) is 11.7 Å². The van der Waals surface area contributed by atoms with Crippen LogP contribution in [0.25, 0.3) is 0 Å². The molecular weight excluding hydrogens is 262 g/mol. The van der Waals surface area contributed by atoms with E-state index in [1.807, 2.05) is 42.5 Å². The lowest BCUT2D eigenvalue weighted by molar-refractivity contribution is 0.259. The Kier molecular flexibility index (Phi) is 4.82. The Hall–Kier alpha value is -2.49. The number of anilines is 2. The van der Waals surface area contributed by atoms with Crippen LogP contribution >= 0.6 is 0 Å². The van der Waals surface area contributed by atoms with Crippen LogP contribution in [0.1, 0.15) is 25.5 Å². The second-order valence-corrected chi connectivity index (χ2v) is 5.34. The average molecular weight is 283 g/mol. The van der Waals surface area contributed by atoms with E-state index in [2.05, 4.69) is 36.6 Å². The third-order valence-corrected chi connectivity index (χ3v) is 3.30. The van der Waals surface area contributed by atoms with Crippen molar-refractivity contribution >= 4 is 17.4 Å². The van der Waals surface area contributed by atoms with Gasteiger partial charge in [0.1, 0.15) is 0 Å². The number of hydrogen-bond acceptors (Lipinski definition) is 2. The van der Waals surface area contributed by atoms with Crippen LogP contribution in [0.15, 0.2) is 54.6 Å². The number of nitrogens with one attached hydrogen (secondary N) is 2. The maximum absolute atomic E-state index is 10.8. The summed E-state index contributed by atoms with van der Waals surface area (Å²) in [4.78, 5) is 10.8. The molecule has 0 radical (unpaired) electrons. The Morgan fingerprint density at radius 1 is 0.952 bits per heavy atom. The van der Waals surface area contributed by atoms with Crippen LogP contribution in [-0.4, -0.2) is 6.03 Å². The summed E-state index contributed by atoms with van der Waals surface area (Å²) in [6.07, 6.45) is 0. The molecule has 2 rings (SSSR count). The highest BCUT2D eigenvalue weighted by Crippen LogP contribution is 2.27. The van der Waals surface area contributed by atoms with Crippen LogP contribution in [-0.2, 0) is 0 Å². The van der Waals surface area contributed by atoms with Crippen molar-refractivity contribution in [3.8, 4) is 0 Å². The lowest BCUT2D eigenvalue weighted by Crippen LogP contribution is -2.19. The molecule has 1 unspecified atom stereocenters. The predicted octanol–water partition coefficient (Wildman–Crippen LogP) is 3.99. The number of amides is 2. The Labute approximate surface area is 125 Å². The van der Waals surface area contributed by atoms with E-state index in [-0.39, 0.29) is 6.04 Å². The number of hydrogen-bond donors (Lipinski definition) is 3. The van der Waals surface area contributed by atoms with Gasteiger partial charge in [-0.3, -0.25) is 0 Å². The average Bonchev–Trinajstić information content (AvgIpc) is 2.46. The molecule has 4 N–H and O–H groups in total. The normalized spacial score (nSPS) is 12.0. The SMILES string of the molecule is CC(C)C(Nc1ccc(NC(N)=O)cc1)c1ccccc1. The molecule has 110 valence electrons. The van der Waals surface area contributed by atoms with Gasteiger partial charge >= 0.3 is 6.03 Å². The van der Waals surface area contributed by atoms with Gasteiger partial charge in [0.25, 0.3) is 0 Å². The van der Waals surface area contributed by atoms with Crippen LogP contribution in [0.5, 0.6) is 0 Å². The molecule has 0 spiro atoms. The van der Waals surface area contributed by atoms with E-state index < -0.39 is 6.03 Å². The van der Waals surface area contributed by atoms with Crippen molar-refractivity contribution < 1.29 is 4.79 Å². The number of urea groups is 1. The minimum absolute atomic E-state index is 0.237. The summed E-state index contributed by atoms with van der Waals surface area (Å²) in [7, 11) is 0. The predicted molar refractivity (Wildman–Crippen MR) is 87.3 cm³/mol. The van der Waals surface area contributed by atoms with Gasteiger partial charge in [-0.15, -0.1) is 0 Å². The summed E-state index contributed by atoms with van der Waals surface area (Å²) in [5.74, 6) is 0.454. The first-order valence-corrected chi connectivity index (χ1v) is 7.04. The van der Waals surface area contributed by atoms with E-state index in [4.69, 9.17) is 5.73 Å². The molecule has 2 aromatic carbocycles. The van der Waals surface area contributed by atoms with E-state index in [9.17, 15) is 4.79 Å². The fourth-order valence-electron chi connectivity index (χ4n) is 2.27. The molecule has 0 saturated carbocycles. The van der Waals surface area contributed by atoms with Crippen LogP contribution < -0.4 is 16.4 Å². The lowest BCUT2D eigenvalue weighted by Gasteiger charge is -2.24. The molecule has 0 aliphatic carbocycles. The first-order valence-electron chi connectivity index (χ1n) is 7.04. The van der Waals surface area contributed by atoms with Gasteiger partial charge in [0.2, 0.25) is 0 Å². The monoisotopic (exact) mass is 283 g/mol. The fraction of sp³-hybridized carbons (Fsp3) is 0.235. The highest BCUT2D eigenvalue weighted by atomic mass is 16.2. The van der Waals surface area contributed by atoms with E-state index >= 15 is 0 Å². The third-order valence-electron chi connectivity index (χ3n) is 3.30. The van der Waals surface area contributed by atoms with Crippen LogP contribution in [0.3, 0.4) is 0 Å². The van der Waals surface area contributed by atoms with Crippen molar-refractivity contribution in [2.75, 3.05) is 10.6 Å². The number of rotatable bonds is 5. The van der Waals surface area contributed by atoms with Crippen molar-refractivity contribution in [3.63, 3.8) is 0 Å². The number of carbonyl (C=O) groups excluding carboxylic acids is 1. The second-order valence-electron chi connectivity index (χ2n) is 5.34. The molecule has 4 nitrogen and oxygen atoms in total. The van der Waals surface area contributed by atoms with Crippen molar-refractivity contribution in [1.82, 2.24) is 0 Å². The topological polar surface area (TPSA) is 67.2 Å². The van der Waals surface area contributed by atoms with Crippen molar-refractivity contribution in [1.29, 1.82) is 0 Å². The summed E-state index contributed by atoms with van der Waals surface area (Å²) < 4.78 is 0. The highest BCUT2D eigenvalue weighted by molar-refractivity contribution is 5.87. The summed E-state index contributed by atoms with van der Waals surface area (Å²) in [5.41, 5.74) is 8.05. The fourth-order valence-corrected chi connectivity index (χ4v) is 2.27. The molecule has 21 heavy (non-hydrogen) atoms. The summed E-state index contributed by atoms with van der Waals surface area (Å²) in [5, 5.41) is 6.08. The zero-order valence-corrected chi connectivity index (χ0v) is 12.3. The Bertz CT molecular complexity index is 579. The molecule has 0 bridgehead atoms. The molecule has 0 aliphatic rings. The van der Waals surface area contributed by atoms with Crippen LogP contribution in [0.2, 0.25) is 0 Å². The number of nitrogens with two attached hydrogens (primary N) is 1. The van der Waals surface area contributed by atoms with Gasteiger partial charge < -0.3 is 16.4 Å². The maximum atomic E-state index is 10.8.